The number of aliphatic hydroxyl groups is 4. The Bertz CT molecular complexity index is 437. The van der Waals surface area contributed by atoms with E-state index in [1.165, 1.54) is 12.5 Å². The zero-order valence-corrected chi connectivity index (χ0v) is 12.4. The zero-order chi connectivity index (χ0) is 15.5. The molecule has 1 fully saturated rings. The zero-order valence-electron chi connectivity index (χ0n) is 12.4. The molecule has 5 nitrogen and oxygen atoms in total. The average Bonchev–Trinajstić information content (AvgIpc) is 2.46. The van der Waals surface area contributed by atoms with Crippen molar-refractivity contribution in [1.29, 1.82) is 0 Å². The summed E-state index contributed by atoms with van der Waals surface area (Å²) in [5.41, 5.74) is -0.125. The number of aryl methyl sites for hydroxylation is 1. The number of aliphatic hydroxyl groups excluding tert-OH is 3. The Kier molecular flexibility index (Phi) is 5.35. The van der Waals surface area contributed by atoms with Gasteiger partial charge in [-0.05, 0) is 31.9 Å². The largest absolute Gasteiger partial charge is 0.395 e. The van der Waals surface area contributed by atoms with Crippen LogP contribution < -0.4 is 0 Å². The Morgan fingerprint density at radius 1 is 1.24 bits per heavy atom. The van der Waals surface area contributed by atoms with Crippen molar-refractivity contribution in [3.05, 3.63) is 35.9 Å². The molecular formula is C16H25NO4. The lowest BCUT2D eigenvalue weighted by Gasteiger charge is -2.48. The number of hydrogen-bond donors (Lipinski definition) is 4. The predicted molar refractivity (Wildman–Crippen MR) is 79.8 cm³/mol. The molecule has 0 spiro atoms. The molecule has 4 N–H and O–H groups in total. The van der Waals surface area contributed by atoms with Crippen LogP contribution in [0.1, 0.15) is 18.9 Å². The third kappa shape index (κ3) is 3.81. The summed E-state index contributed by atoms with van der Waals surface area (Å²) in [6, 6.07) is 9.57. The summed E-state index contributed by atoms with van der Waals surface area (Å²) in [6.45, 7) is 2.17. The van der Waals surface area contributed by atoms with Gasteiger partial charge < -0.3 is 20.4 Å². The van der Waals surface area contributed by atoms with E-state index >= 15 is 0 Å². The number of rotatable bonds is 5. The molecule has 1 saturated heterocycles. The molecule has 0 aliphatic carbocycles. The lowest BCUT2D eigenvalue weighted by molar-refractivity contribution is -0.188. The van der Waals surface area contributed by atoms with Crippen molar-refractivity contribution in [2.75, 3.05) is 19.7 Å². The summed E-state index contributed by atoms with van der Waals surface area (Å²) in [7, 11) is 0. The molecule has 5 heteroatoms. The minimum Gasteiger partial charge on any atom is -0.395 e. The first kappa shape index (κ1) is 16.4. The first-order valence-corrected chi connectivity index (χ1v) is 7.43. The SMILES string of the molecule is C[C@]1(O)CN(CCCc2ccccc2)C(CO)[C@@H](O)[C@@H]1O. The van der Waals surface area contributed by atoms with Gasteiger partial charge in [0.15, 0.2) is 0 Å². The van der Waals surface area contributed by atoms with Gasteiger partial charge in [0, 0.05) is 6.54 Å². The highest BCUT2D eigenvalue weighted by molar-refractivity contribution is 5.14. The molecule has 0 aromatic heterocycles. The number of hydrogen-bond acceptors (Lipinski definition) is 5. The highest BCUT2D eigenvalue weighted by Gasteiger charge is 2.47. The van der Waals surface area contributed by atoms with Gasteiger partial charge in [-0.3, -0.25) is 4.90 Å². The fourth-order valence-corrected chi connectivity index (χ4v) is 3.02. The Balaban J connectivity index is 1.94. The van der Waals surface area contributed by atoms with E-state index in [4.69, 9.17) is 0 Å². The summed E-state index contributed by atoms with van der Waals surface area (Å²) in [5, 5.41) is 39.6. The number of nitrogens with zero attached hydrogens (tertiary/aromatic N) is 1. The molecule has 1 unspecified atom stereocenters. The lowest BCUT2D eigenvalue weighted by Crippen LogP contribution is -2.67. The second-order valence-corrected chi connectivity index (χ2v) is 6.10. The van der Waals surface area contributed by atoms with Crippen molar-refractivity contribution < 1.29 is 20.4 Å². The molecule has 21 heavy (non-hydrogen) atoms. The third-order valence-electron chi connectivity index (χ3n) is 4.29. The van der Waals surface area contributed by atoms with E-state index in [9.17, 15) is 20.4 Å². The number of piperidine rings is 1. The molecule has 1 aliphatic rings. The molecule has 0 amide bonds. The molecule has 0 bridgehead atoms. The van der Waals surface area contributed by atoms with Crippen molar-refractivity contribution >= 4 is 0 Å². The molecule has 4 atom stereocenters. The first-order valence-electron chi connectivity index (χ1n) is 7.43. The van der Waals surface area contributed by atoms with Crippen LogP contribution in [-0.2, 0) is 6.42 Å². The predicted octanol–water partition coefficient (Wildman–Crippen LogP) is -0.232. The molecule has 2 rings (SSSR count). The number of β-amino-alcohol motifs (C(OH)–C–C–N with tert-alkyl or cyclic N) is 1. The van der Waals surface area contributed by atoms with Gasteiger partial charge >= 0.3 is 0 Å². The molecule has 0 saturated carbocycles. The third-order valence-corrected chi connectivity index (χ3v) is 4.29. The normalized spacial score (nSPS) is 34.0. The molecule has 118 valence electrons. The van der Waals surface area contributed by atoms with Gasteiger partial charge in [0.05, 0.1) is 12.6 Å². The van der Waals surface area contributed by atoms with Crippen molar-refractivity contribution in [3.8, 4) is 0 Å². The van der Waals surface area contributed by atoms with Crippen LogP contribution in [0, 0.1) is 0 Å². The van der Waals surface area contributed by atoms with Crippen LogP contribution in [-0.4, -0.2) is 68.9 Å². The molecular weight excluding hydrogens is 270 g/mol. The molecule has 1 aliphatic heterocycles. The second kappa shape index (κ2) is 6.85. The number of likely N-dealkylation sites (tertiary alicyclic amines) is 1. The van der Waals surface area contributed by atoms with E-state index in [0.29, 0.717) is 6.54 Å². The van der Waals surface area contributed by atoms with E-state index in [0.717, 1.165) is 12.8 Å². The number of benzene rings is 1. The van der Waals surface area contributed by atoms with Gasteiger partial charge in [-0.1, -0.05) is 30.3 Å². The van der Waals surface area contributed by atoms with Crippen molar-refractivity contribution in [1.82, 2.24) is 4.90 Å². The average molecular weight is 295 g/mol. The topological polar surface area (TPSA) is 84.2 Å². The monoisotopic (exact) mass is 295 g/mol. The Labute approximate surface area is 125 Å². The Hall–Kier alpha value is -0.980. The summed E-state index contributed by atoms with van der Waals surface area (Å²) in [4.78, 5) is 1.86. The molecule has 1 heterocycles. The van der Waals surface area contributed by atoms with E-state index < -0.39 is 23.9 Å². The van der Waals surface area contributed by atoms with E-state index in [1.54, 1.807) is 0 Å². The van der Waals surface area contributed by atoms with Crippen LogP contribution in [0.15, 0.2) is 30.3 Å². The van der Waals surface area contributed by atoms with Gasteiger partial charge in [0.1, 0.15) is 17.8 Å². The van der Waals surface area contributed by atoms with Gasteiger partial charge in [0.25, 0.3) is 0 Å². The maximum absolute atomic E-state index is 10.2. The lowest BCUT2D eigenvalue weighted by atomic mass is 9.85. The molecule has 1 aromatic rings. The highest BCUT2D eigenvalue weighted by atomic mass is 16.4. The van der Waals surface area contributed by atoms with E-state index in [-0.39, 0.29) is 13.2 Å². The maximum atomic E-state index is 10.2. The van der Waals surface area contributed by atoms with E-state index in [2.05, 4.69) is 12.1 Å². The second-order valence-electron chi connectivity index (χ2n) is 6.10. The van der Waals surface area contributed by atoms with Crippen molar-refractivity contribution in [2.24, 2.45) is 0 Å². The summed E-state index contributed by atoms with van der Waals surface area (Å²) in [6.07, 6.45) is -0.620. The minimum atomic E-state index is -1.36. The van der Waals surface area contributed by atoms with Crippen LogP contribution in [0.3, 0.4) is 0 Å². The minimum absolute atomic E-state index is 0.236. The van der Waals surface area contributed by atoms with Gasteiger partial charge in [0.2, 0.25) is 0 Å². The van der Waals surface area contributed by atoms with Crippen LogP contribution >= 0.6 is 0 Å². The molecule has 0 radical (unpaired) electrons. The van der Waals surface area contributed by atoms with Crippen molar-refractivity contribution in [3.63, 3.8) is 0 Å². The Morgan fingerprint density at radius 2 is 1.90 bits per heavy atom. The maximum Gasteiger partial charge on any atom is 0.111 e. The smallest absolute Gasteiger partial charge is 0.111 e. The van der Waals surface area contributed by atoms with Gasteiger partial charge in [-0.25, -0.2) is 0 Å². The fourth-order valence-electron chi connectivity index (χ4n) is 3.02. The highest BCUT2D eigenvalue weighted by Crippen LogP contribution is 2.26. The quantitative estimate of drug-likeness (QED) is 0.603. The summed E-state index contributed by atoms with van der Waals surface area (Å²) >= 11 is 0. The Morgan fingerprint density at radius 3 is 2.52 bits per heavy atom. The first-order chi connectivity index (χ1) is 9.95. The van der Waals surface area contributed by atoms with Crippen LogP contribution in [0.5, 0.6) is 0 Å². The fraction of sp³-hybridized carbons (Fsp3) is 0.625. The van der Waals surface area contributed by atoms with Crippen LogP contribution in [0.4, 0.5) is 0 Å². The summed E-state index contributed by atoms with van der Waals surface area (Å²) in [5.74, 6) is 0. The van der Waals surface area contributed by atoms with Gasteiger partial charge in [-0.2, -0.15) is 0 Å². The van der Waals surface area contributed by atoms with E-state index in [1.807, 2.05) is 23.1 Å². The summed E-state index contributed by atoms with van der Waals surface area (Å²) < 4.78 is 0. The molecule has 1 aromatic carbocycles. The standard InChI is InChI=1S/C16H25NO4/c1-16(21)11-17(13(10-18)14(19)15(16)20)9-5-8-12-6-3-2-4-7-12/h2-4,6-7,13-15,18-21H,5,8-11H2,1H3/t13?,14-,15+,16+/m1/s1. The van der Waals surface area contributed by atoms with Crippen LogP contribution in [0.25, 0.3) is 0 Å². The van der Waals surface area contributed by atoms with Gasteiger partial charge in [-0.15, -0.1) is 0 Å². The van der Waals surface area contributed by atoms with Crippen LogP contribution in [0.2, 0.25) is 0 Å². The van der Waals surface area contributed by atoms with Crippen molar-refractivity contribution in [2.45, 2.75) is 43.6 Å².